The Kier molecular flexibility index (Phi) is 5.03. The molecule has 0 saturated heterocycles. The molecule has 4 nitrogen and oxygen atoms in total. The minimum Gasteiger partial charge on any atom is -0.477 e. The highest BCUT2D eigenvalue weighted by molar-refractivity contribution is 6.09. The topological polar surface area (TPSA) is 66.4 Å². The maximum Gasteiger partial charge on any atom is 0.416 e. The molecule has 2 aromatic carbocycles. The van der Waals surface area contributed by atoms with E-state index in [9.17, 15) is 22.8 Å². The van der Waals surface area contributed by atoms with Gasteiger partial charge in [-0.15, -0.1) is 0 Å². The Hall–Kier alpha value is -3.09. The van der Waals surface area contributed by atoms with Crippen LogP contribution in [-0.2, 0) is 11.0 Å². The quantitative estimate of drug-likeness (QED) is 0.641. The van der Waals surface area contributed by atoms with E-state index < -0.39 is 29.2 Å². The molecule has 0 amide bonds. The number of carboxylic acids is 1. The van der Waals surface area contributed by atoms with Crippen LogP contribution in [0.2, 0.25) is 0 Å². The number of nitrogens with one attached hydrogen (secondary N) is 1. The van der Waals surface area contributed by atoms with Crippen LogP contribution in [0.4, 0.5) is 18.9 Å². The molecule has 2 rings (SSSR count). The van der Waals surface area contributed by atoms with Crippen molar-refractivity contribution in [2.24, 2.45) is 0 Å². The summed E-state index contributed by atoms with van der Waals surface area (Å²) in [5.41, 5.74) is -1.27. The van der Waals surface area contributed by atoms with Gasteiger partial charge >= 0.3 is 12.1 Å². The Morgan fingerprint density at radius 2 is 1.67 bits per heavy atom. The first-order valence-electron chi connectivity index (χ1n) is 6.76. The summed E-state index contributed by atoms with van der Waals surface area (Å²) in [5, 5.41) is 11.5. The Morgan fingerprint density at radius 3 is 2.25 bits per heavy atom. The van der Waals surface area contributed by atoms with Crippen LogP contribution in [0.5, 0.6) is 0 Å². The van der Waals surface area contributed by atoms with E-state index in [-0.39, 0.29) is 11.3 Å². The van der Waals surface area contributed by atoms with Gasteiger partial charge < -0.3 is 10.4 Å². The summed E-state index contributed by atoms with van der Waals surface area (Å²) in [7, 11) is 0. The summed E-state index contributed by atoms with van der Waals surface area (Å²) in [6.07, 6.45) is -3.72. The highest BCUT2D eigenvalue weighted by Gasteiger charge is 2.30. The molecule has 0 aliphatic heterocycles. The van der Waals surface area contributed by atoms with Crippen molar-refractivity contribution in [2.45, 2.75) is 6.18 Å². The van der Waals surface area contributed by atoms with E-state index in [0.717, 1.165) is 24.3 Å². The molecule has 24 heavy (non-hydrogen) atoms. The molecule has 0 unspecified atom stereocenters. The van der Waals surface area contributed by atoms with E-state index in [4.69, 9.17) is 5.11 Å². The number of benzene rings is 2. The SMILES string of the molecule is O=C(O)C(=CC(=O)c1ccccc1)Nc1cccc(C(F)(F)F)c1. The zero-order valence-electron chi connectivity index (χ0n) is 12.2. The Morgan fingerprint density at radius 1 is 1.00 bits per heavy atom. The van der Waals surface area contributed by atoms with Crippen molar-refractivity contribution < 1.29 is 27.9 Å². The predicted molar refractivity (Wildman–Crippen MR) is 81.6 cm³/mol. The van der Waals surface area contributed by atoms with E-state index in [0.29, 0.717) is 0 Å². The van der Waals surface area contributed by atoms with Gasteiger partial charge in [0.1, 0.15) is 5.70 Å². The molecule has 0 saturated carbocycles. The average Bonchev–Trinajstić information content (AvgIpc) is 2.54. The number of ketones is 1. The number of aliphatic carboxylic acids is 1. The standard InChI is InChI=1S/C17H12F3NO3/c18-17(19,20)12-7-4-8-13(9-12)21-14(16(23)24)10-15(22)11-5-2-1-3-6-11/h1-10,21H,(H,23,24). The number of rotatable bonds is 5. The highest BCUT2D eigenvalue weighted by Crippen LogP contribution is 2.30. The van der Waals surface area contributed by atoms with Crippen LogP contribution in [-0.4, -0.2) is 16.9 Å². The third kappa shape index (κ3) is 4.45. The van der Waals surface area contributed by atoms with E-state index in [1.54, 1.807) is 18.2 Å². The molecule has 0 aliphatic rings. The summed E-state index contributed by atoms with van der Waals surface area (Å²) in [6.45, 7) is 0. The van der Waals surface area contributed by atoms with Crippen molar-refractivity contribution in [1.82, 2.24) is 0 Å². The van der Waals surface area contributed by atoms with Crippen molar-refractivity contribution in [3.05, 3.63) is 77.5 Å². The number of anilines is 1. The second kappa shape index (κ2) is 6.99. The maximum atomic E-state index is 12.7. The molecule has 2 N–H and O–H groups in total. The van der Waals surface area contributed by atoms with Crippen molar-refractivity contribution in [3.8, 4) is 0 Å². The maximum absolute atomic E-state index is 12.7. The third-order valence-electron chi connectivity index (χ3n) is 3.03. The molecule has 0 fully saturated rings. The number of hydrogen-bond acceptors (Lipinski definition) is 3. The first kappa shape index (κ1) is 17.3. The van der Waals surface area contributed by atoms with Gasteiger partial charge in [-0.25, -0.2) is 4.79 Å². The summed E-state index contributed by atoms with van der Waals surface area (Å²) in [5.74, 6) is -2.04. The van der Waals surface area contributed by atoms with Crippen LogP contribution in [0.1, 0.15) is 15.9 Å². The fourth-order valence-corrected chi connectivity index (χ4v) is 1.90. The predicted octanol–water partition coefficient (Wildman–Crippen LogP) is 3.97. The van der Waals surface area contributed by atoms with Gasteiger partial charge in [0.05, 0.1) is 5.56 Å². The van der Waals surface area contributed by atoms with Crippen molar-refractivity contribution in [3.63, 3.8) is 0 Å². The minimum absolute atomic E-state index is 0.0839. The smallest absolute Gasteiger partial charge is 0.416 e. The van der Waals surface area contributed by atoms with E-state index in [1.807, 2.05) is 0 Å². The molecule has 0 heterocycles. The Balaban J connectivity index is 2.28. The van der Waals surface area contributed by atoms with Gasteiger partial charge in [-0.2, -0.15) is 13.2 Å². The molecule has 124 valence electrons. The normalized spacial score (nSPS) is 11.9. The van der Waals surface area contributed by atoms with E-state index in [1.165, 1.54) is 18.2 Å². The fraction of sp³-hybridized carbons (Fsp3) is 0.0588. The van der Waals surface area contributed by atoms with Crippen molar-refractivity contribution in [2.75, 3.05) is 5.32 Å². The summed E-state index contributed by atoms with van der Waals surface area (Å²) < 4.78 is 38.0. The molecule has 7 heteroatoms. The Labute approximate surface area is 135 Å². The lowest BCUT2D eigenvalue weighted by molar-refractivity contribution is -0.137. The monoisotopic (exact) mass is 335 g/mol. The van der Waals surface area contributed by atoms with Gasteiger partial charge in [0, 0.05) is 17.3 Å². The van der Waals surface area contributed by atoms with E-state index >= 15 is 0 Å². The summed E-state index contributed by atoms with van der Waals surface area (Å²) in [4.78, 5) is 23.3. The molecule has 0 atom stereocenters. The van der Waals surface area contributed by atoms with Crippen molar-refractivity contribution >= 4 is 17.4 Å². The first-order chi connectivity index (χ1) is 11.3. The first-order valence-corrected chi connectivity index (χ1v) is 6.76. The lowest BCUT2D eigenvalue weighted by Crippen LogP contribution is -2.13. The number of carboxylic acid groups (broad SMARTS) is 1. The second-order valence-corrected chi connectivity index (χ2v) is 4.80. The number of alkyl halides is 3. The number of hydrogen-bond donors (Lipinski definition) is 2. The highest BCUT2D eigenvalue weighted by atomic mass is 19.4. The summed E-state index contributed by atoms with van der Waals surface area (Å²) >= 11 is 0. The molecule has 0 bridgehead atoms. The zero-order valence-corrected chi connectivity index (χ0v) is 12.2. The minimum atomic E-state index is -4.55. The average molecular weight is 335 g/mol. The molecule has 0 aliphatic carbocycles. The van der Waals surface area contributed by atoms with Gasteiger partial charge in [0.2, 0.25) is 0 Å². The second-order valence-electron chi connectivity index (χ2n) is 4.80. The molecule has 0 spiro atoms. The molecular weight excluding hydrogens is 323 g/mol. The zero-order chi connectivity index (χ0) is 17.7. The van der Waals surface area contributed by atoms with Crippen LogP contribution >= 0.6 is 0 Å². The fourth-order valence-electron chi connectivity index (χ4n) is 1.90. The number of carbonyl (C=O) groups is 2. The van der Waals surface area contributed by atoms with Gasteiger partial charge in [-0.1, -0.05) is 36.4 Å². The largest absolute Gasteiger partial charge is 0.477 e. The van der Waals surface area contributed by atoms with Crippen LogP contribution in [0.25, 0.3) is 0 Å². The van der Waals surface area contributed by atoms with Gasteiger partial charge in [0.25, 0.3) is 0 Å². The number of carbonyl (C=O) groups excluding carboxylic acids is 1. The van der Waals surface area contributed by atoms with Crippen LogP contribution in [0.15, 0.2) is 66.4 Å². The van der Waals surface area contributed by atoms with Crippen LogP contribution in [0.3, 0.4) is 0 Å². The summed E-state index contributed by atoms with van der Waals surface area (Å²) in [6, 6.07) is 12.0. The molecule has 0 radical (unpaired) electrons. The van der Waals surface area contributed by atoms with Crippen LogP contribution in [0, 0.1) is 0 Å². The van der Waals surface area contributed by atoms with Crippen molar-refractivity contribution in [1.29, 1.82) is 0 Å². The van der Waals surface area contributed by atoms with Crippen LogP contribution < -0.4 is 5.32 Å². The van der Waals surface area contributed by atoms with Gasteiger partial charge in [-0.05, 0) is 18.2 Å². The van der Waals surface area contributed by atoms with Gasteiger partial charge in [0.15, 0.2) is 5.78 Å². The van der Waals surface area contributed by atoms with Gasteiger partial charge in [-0.3, -0.25) is 4.79 Å². The lowest BCUT2D eigenvalue weighted by Gasteiger charge is -2.11. The lowest BCUT2D eigenvalue weighted by atomic mass is 10.1. The molecule has 0 aromatic heterocycles. The number of allylic oxidation sites excluding steroid dienone is 1. The van der Waals surface area contributed by atoms with E-state index in [2.05, 4.69) is 5.32 Å². The third-order valence-corrected chi connectivity index (χ3v) is 3.03. The number of halogens is 3. The Bertz CT molecular complexity index is 783. The molecule has 2 aromatic rings. The molecular formula is C17H12F3NO3.